The summed E-state index contributed by atoms with van der Waals surface area (Å²) in [6, 6.07) is -0.279. The van der Waals surface area contributed by atoms with Gasteiger partial charge in [0.25, 0.3) is 0 Å². The molecule has 0 saturated carbocycles. The predicted molar refractivity (Wildman–Crippen MR) is 42.0 cm³/mol. The molecule has 0 aromatic rings. The zero-order chi connectivity index (χ0) is 8.69. The molecule has 5 heteroatoms. The van der Waals surface area contributed by atoms with Crippen LogP contribution in [0.2, 0.25) is 0 Å². The summed E-state index contributed by atoms with van der Waals surface area (Å²) in [6.07, 6.45) is -0.131. The van der Waals surface area contributed by atoms with Crippen molar-refractivity contribution in [3.63, 3.8) is 0 Å². The molecule has 66 valence electrons. The number of likely N-dealkylation sites (N-methyl/N-ethyl adjacent to an activating group) is 1. The fourth-order valence-corrected chi connectivity index (χ4v) is 0.660. The third-order valence-corrected chi connectivity index (χ3v) is 1.18. The van der Waals surface area contributed by atoms with E-state index < -0.39 is 6.23 Å². The molecule has 0 rings (SSSR count). The molecule has 5 N–H and O–H groups in total. The standard InChI is InChI=1S/C6H15N3O2/c1-8-2-5(4-10)9-3-6(7)11/h4-6,8-9,11H,2-3,7H2,1H3. The maximum atomic E-state index is 10.3. The molecule has 0 aliphatic rings. The van der Waals surface area contributed by atoms with E-state index in [1.165, 1.54) is 0 Å². The molecular weight excluding hydrogens is 146 g/mol. The van der Waals surface area contributed by atoms with Crippen molar-refractivity contribution >= 4 is 6.29 Å². The number of hydrogen-bond donors (Lipinski definition) is 4. The molecule has 0 aliphatic heterocycles. The highest BCUT2D eigenvalue weighted by Gasteiger charge is 2.05. The van der Waals surface area contributed by atoms with Crippen molar-refractivity contribution in [2.24, 2.45) is 5.73 Å². The minimum atomic E-state index is -0.908. The molecule has 0 amide bonds. The Morgan fingerprint density at radius 1 is 1.64 bits per heavy atom. The highest BCUT2D eigenvalue weighted by Crippen LogP contribution is 1.75. The average molecular weight is 161 g/mol. The lowest BCUT2D eigenvalue weighted by Crippen LogP contribution is -2.44. The van der Waals surface area contributed by atoms with Gasteiger partial charge in [0.2, 0.25) is 0 Å². The first-order chi connectivity index (χ1) is 5.20. The van der Waals surface area contributed by atoms with Crippen molar-refractivity contribution in [3.8, 4) is 0 Å². The van der Waals surface area contributed by atoms with Crippen LogP contribution in [-0.4, -0.2) is 43.8 Å². The summed E-state index contributed by atoms with van der Waals surface area (Å²) >= 11 is 0. The summed E-state index contributed by atoms with van der Waals surface area (Å²) in [4.78, 5) is 10.3. The number of nitrogens with one attached hydrogen (secondary N) is 2. The van der Waals surface area contributed by atoms with E-state index in [4.69, 9.17) is 10.8 Å². The van der Waals surface area contributed by atoms with Crippen molar-refractivity contribution in [2.75, 3.05) is 20.1 Å². The van der Waals surface area contributed by atoms with Crippen molar-refractivity contribution in [3.05, 3.63) is 0 Å². The van der Waals surface area contributed by atoms with Gasteiger partial charge in [-0.25, -0.2) is 0 Å². The van der Waals surface area contributed by atoms with Crippen molar-refractivity contribution in [1.29, 1.82) is 0 Å². The highest BCUT2D eigenvalue weighted by molar-refractivity contribution is 5.57. The zero-order valence-corrected chi connectivity index (χ0v) is 6.58. The van der Waals surface area contributed by atoms with Gasteiger partial charge in [-0.15, -0.1) is 0 Å². The summed E-state index contributed by atoms with van der Waals surface area (Å²) in [5, 5.41) is 14.2. The summed E-state index contributed by atoms with van der Waals surface area (Å²) in [6.45, 7) is 0.765. The topological polar surface area (TPSA) is 87.4 Å². The fourth-order valence-electron chi connectivity index (χ4n) is 0.660. The quantitative estimate of drug-likeness (QED) is 0.258. The first-order valence-electron chi connectivity index (χ1n) is 3.47. The van der Waals surface area contributed by atoms with E-state index in [2.05, 4.69) is 10.6 Å². The van der Waals surface area contributed by atoms with E-state index in [1.54, 1.807) is 7.05 Å². The average Bonchev–Trinajstić information content (AvgIpc) is 1.97. The van der Waals surface area contributed by atoms with Gasteiger partial charge in [-0.2, -0.15) is 0 Å². The maximum absolute atomic E-state index is 10.3. The minimum Gasteiger partial charge on any atom is -0.377 e. The van der Waals surface area contributed by atoms with Crippen LogP contribution in [0.4, 0.5) is 0 Å². The Hall–Kier alpha value is -0.490. The number of aliphatic hydroxyl groups excluding tert-OH is 1. The van der Waals surface area contributed by atoms with Crippen molar-refractivity contribution < 1.29 is 9.90 Å². The minimum absolute atomic E-state index is 0.227. The molecule has 0 aliphatic carbocycles. The molecule has 2 atom stereocenters. The lowest BCUT2D eigenvalue weighted by atomic mass is 10.3. The number of aliphatic hydroxyl groups is 1. The Kier molecular flexibility index (Phi) is 5.96. The van der Waals surface area contributed by atoms with Crippen LogP contribution in [0.15, 0.2) is 0 Å². The Labute approximate surface area is 66.0 Å². The van der Waals surface area contributed by atoms with Crippen molar-refractivity contribution in [2.45, 2.75) is 12.3 Å². The first-order valence-corrected chi connectivity index (χ1v) is 3.47. The summed E-state index contributed by atoms with van der Waals surface area (Å²) < 4.78 is 0. The molecule has 0 fully saturated rings. The molecule has 0 spiro atoms. The molecule has 0 aromatic carbocycles. The number of hydrogen-bond acceptors (Lipinski definition) is 5. The Bertz CT molecular complexity index is 108. The van der Waals surface area contributed by atoms with Gasteiger partial charge in [-0.1, -0.05) is 0 Å². The van der Waals surface area contributed by atoms with Crippen LogP contribution in [0.1, 0.15) is 0 Å². The van der Waals surface area contributed by atoms with Crippen molar-refractivity contribution in [1.82, 2.24) is 10.6 Å². The molecule has 2 unspecified atom stereocenters. The van der Waals surface area contributed by atoms with Gasteiger partial charge >= 0.3 is 0 Å². The second kappa shape index (κ2) is 6.23. The van der Waals surface area contributed by atoms with E-state index in [0.717, 1.165) is 6.29 Å². The maximum Gasteiger partial charge on any atom is 0.138 e. The third kappa shape index (κ3) is 5.93. The third-order valence-electron chi connectivity index (χ3n) is 1.18. The first kappa shape index (κ1) is 10.5. The van der Waals surface area contributed by atoms with E-state index in [-0.39, 0.29) is 12.6 Å². The van der Waals surface area contributed by atoms with Crippen LogP contribution in [0.3, 0.4) is 0 Å². The number of aldehydes is 1. The number of rotatable bonds is 6. The molecule has 0 heterocycles. The van der Waals surface area contributed by atoms with Gasteiger partial charge in [0.15, 0.2) is 0 Å². The predicted octanol–water partition coefficient (Wildman–Crippen LogP) is -2.36. The van der Waals surface area contributed by atoms with E-state index in [0.29, 0.717) is 6.54 Å². The van der Waals surface area contributed by atoms with E-state index in [1.807, 2.05) is 0 Å². The van der Waals surface area contributed by atoms with Crippen LogP contribution < -0.4 is 16.4 Å². The largest absolute Gasteiger partial charge is 0.377 e. The summed E-state index contributed by atoms with van der Waals surface area (Å²) in [7, 11) is 1.75. The lowest BCUT2D eigenvalue weighted by Gasteiger charge is -2.12. The molecule has 5 nitrogen and oxygen atoms in total. The van der Waals surface area contributed by atoms with Gasteiger partial charge in [0.05, 0.1) is 6.04 Å². The molecular formula is C6H15N3O2. The Morgan fingerprint density at radius 3 is 2.64 bits per heavy atom. The zero-order valence-electron chi connectivity index (χ0n) is 6.58. The monoisotopic (exact) mass is 161 g/mol. The molecule has 0 aromatic heterocycles. The van der Waals surface area contributed by atoms with Gasteiger partial charge in [0.1, 0.15) is 12.5 Å². The van der Waals surface area contributed by atoms with Gasteiger partial charge in [-0.05, 0) is 7.05 Å². The van der Waals surface area contributed by atoms with E-state index in [9.17, 15) is 4.79 Å². The second-order valence-corrected chi connectivity index (χ2v) is 2.28. The van der Waals surface area contributed by atoms with Crippen LogP contribution in [0, 0.1) is 0 Å². The van der Waals surface area contributed by atoms with E-state index >= 15 is 0 Å². The van der Waals surface area contributed by atoms with Crippen LogP contribution >= 0.6 is 0 Å². The summed E-state index contributed by atoms with van der Waals surface area (Å²) in [5.74, 6) is 0. The highest BCUT2D eigenvalue weighted by atomic mass is 16.3. The number of carbonyl (C=O) groups excluding carboxylic acids is 1. The van der Waals surface area contributed by atoms with Crippen LogP contribution in [0.25, 0.3) is 0 Å². The molecule has 0 saturated heterocycles. The van der Waals surface area contributed by atoms with Gasteiger partial charge in [-0.3, -0.25) is 0 Å². The number of nitrogens with two attached hydrogens (primary N) is 1. The van der Waals surface area contributed by atoms with Crippen LogP contribution in [0.5, 0.6) is 0 Å². The number of carbonyl (C=O) groups is 1. The van der Waals surface area contributed by atoms with Gasteiger partial charge in [0, 0.05) is 13.1 Å². The smallest absolute Gasteiger partial charge is 0.138 e. The SMILES string of the molecule is CNCC(C=O)NCC(N)O. The molecule has 0 radical (unpaired) electrons. The molecule has 0 bridgehead atoms. The normalized spacial score (nSPS) is 15.9. The van der Waals surface area contributed by atoms with Gasteiger partial charge < -0.3 is 26.3 Å². The summed E-state index contributed by atoms with van der Waals surface area (Å²) in [5.41, 5.74) is 5.05. The van der Waals surface area contributed by atoms with Crippen LogP contribution in [-0.2, 0) is 4.79 Å². The second-order valence-electron chi connectivity index (χ2n) is 2.28. The Morgan fingerprint density at radius 2 is 2.27 bits per heavy atom. The fraction of sp³-hybridized carbons (Fsp3) is 0.833. The lowest BCUT2D eigenvalue weighted by molar-refractivity contribution is -0.109. The molecule has 11 heavy (non-hydrogen) atoms. The Balaban J connectivity index is 3.43.